The van der Waals surface area contributed by atoms with Crippen LogP contribution in [0, 0.1) is 6.92 Å². The van der Waals surface area contributed by atoms with Crippen LogP contribution in [0.5, 0.6) is 0 Å². The van der Waals surface area contributed by atoms with Crippen molar-refractivity contribution in [2.45, 2.75) is 11.8 Å². The molecule has 2 N–H and O–H groups in total. The lowest BCUT2D eigenvalue weighted by atomic mass is 10.2. The minimum absolute atomic E-state index is 0.759. The van der Waals surface area contributed by atoms with E-state index >= 15 is 0 Å². The van der Waals surface area contributed by atoms with E-state index in [2.05, 4.69) is 40.1 Å². The molecule has 96 valence electrons. The first kappa shape index (κ1) is 12.1. The molecule has 3 nitrogen and oxygen atoms in total. The van der Waals surface area contributed by atoms with Gasteiger partial charge >= 0.3 is 0 Å². The third-order valence-corrected chi connectivity index (χ3v) is 3.92. The summed E-state index contributed by atoms with van der Waals surface area (Å²) in [4.78, 5) is 5.83. The van der Waals surface area contributed by atoms with Crippen molar-refractivity contribution in [1.29, 1.82) is 0 Å². The zero-order valence-corrected chi connectivity index (χ0v) is 11.7. The van der Waals surface area contributed by atoms with Crippen LogP contribution in [0.3, 0.4) is 0 Å². The molecule has 1 aromatic heterocycles. The highest BCUT2D eigenvalue weighted by atomic mass is 32.2. The van der Waals surface area contributed by atoms with Gasteiger partial charge in [0.1, 0.15) is 5.82 Å². The van der Waals surface area contributed by atoms with Crippen molar-refractivity contribution < 1.29 is 0 Å². The highest BCUT2D eigenvalue weighted by molar-refractivity contribution is 7.98. The van der Waals surface area contributed by atoms with Crippen LogP contribution in [0.4, 0.5) is 5.69 Å². The highest BCUT2D eigenvalue weighted by Crippen LogP contribution is 2.24. The summed E-state index contributed by atoms with van der Waals surface area (Å²) < 4.78 is 2.13. The first-order chi connectivity index (χ1) is 9.19. The predicted molar refractivity (Wildman–Crippen MR) is 82.0 cm³/mol. The topological polar surface area (TPSA) is 43.8 Å². The summed E-state index contributed by atoms with van der Waals surface area (Å²) in [7, 11) is 0. The Morgan fingerprint density at radius 3 is 2.53 bits per heavy atom. The molecule has 3 rings (SSSR count). The number of hydrogen-bond acceptors (Lipinski definition) is 3. The SMILES string of the molecule is CSc1ccc(-n2c(C)nc3ccc(N)cc32)cc1. The number of nitrogens with zero attached hydrogens (tertiary/aromatic N) is 2. The molecule has 0 amide bonds. The molecule has 0 saturated carbocycles. The normalized spacial score (nSPS) is 11.1. The second kappa shape index (κ2) is 4.63. The zero-order valence-electron chi connectivity index (χ0n) is 10.9. The maximum Gasteiger partial charge on any atom is 0.111 e. The fourth-order valence-electron chi connectivity index (χ4n) is 2.27. The lowest BCUT2D eigenvalue weighted by Crippen LogP contribution is -1.97. The molecular formula is C15H15N3S. The second-order valence-electron chi connectivity index (χ2n) is 4.44. The van der Waals surface area contributed by atoms with Gasteiger partial charge in [0.05, 0.1) is 11.0 Å². The Kier molecular flexibility index (Phi) is 2.95. The Labute approximate surface area is 116 Å². The molecule has 2 aromatic carbocycles. The molecule has 19 heavy (non-hydrogen) atoms. The smallest absolute Gasteiger partial charge is 0.111 e. The number of rotatable bonds is 2. The Hall–Kier alpha value is -1.94. The monoisotopic (exact) mass is 269 g/mol. The van der Waals surface area contributed by atoms with Gasteiger partial charge in [-0.15, -0.1) is 11.8 Å². The number of hydrogen-bond donors (Lipinski definition) is 1. The van der Waals surface area contributed by atoms with Crippen LogP contribution < -0.4 is 5.73 Å². The molecule has 0 aliphatic rings. The maximum absolute atomic E-state index is 5.88. The van der Waals surface area contributed by atoms with Crippen molar-refractivity contribution in [1.82, 2.24) is 9.55 Å². The number of aromatic nitrogens is 2. The Bertz CT molecular complexity index is 729. The van der Waals surface area contributed by atoms with E-state index in [-0.39, 0.29) is 0 Å². The van der Waals surface area contributed by atoms with E-state index < -0.39 is 0 Å². The molecule has 0 saturated heterocycles. The summed E-state index contributed by atoms with van der Waals surface area (Å²) >= 11 is 1.74. The number of nitrogens with two attached hydrogens (primary N) is 1. The second-order valence-corrected chi connectivity index (χ2v) is 5.32. The number of aryl methyl sites for hydroxylation is 1. The van der Waals surface area contributed by atoms with E-state index in [0.29, 0.717) is 0 Å². The van der Waals surface area contributed by atoms with E-state index in [0.717, 1.165) is 28.2 Å². The van der Waals surface area contributed by atoms with Gasteiger partial charge in [-0.1, -0.05) is 0 Å². The lowest BCUT2D eigenvalue weighted by molar-refractivity contribution is 0.999. The summed E-state index contributed by atoms with van der Waals surface area (Å²) in [6.07, 6.45) is 2.08. The lowest BCUT2D eigenvalue weighted by Gasteiger charge is -2.08. The van der Waals surface area contributed by atoms with Gasteiger partial charge in [0, 0.05) is 16.3 Å². The van der Waals surface area contributed by atoms with Crippen LogP contribution >= 0.6 is 11.8 Å². The summed E-state index contributed by atoms with van der Waals surface area (Å²) in [6.45, 7) is 2.01. The number of anilines is 1. The van der Waals surface area contributed by atoms with Crippen molar-refractivity contribution in [2.75, 3.05) is 12.0 Å². The van der Waals surface area contributed by atoms with Gasteiger partial charge in [-0.3, -0.25) is 4.57 Å². The van der Waals surface area contributed by atoms with E-state index in [9.17, 15) is 0 Å². The van der Waals surface area contributed by atoms with Gasteiger partial charge < -0.3 is 5.73 Å². The van der Waals surface area contributed by atoms with Crippen LogP contribution in [0.2, 0.25) is 0 Å². The molecule has 0 aliphatic heterocycles. The average molecular weight is 269 g/mol. The summed E-state index contributed by atoms with van der Waals surface area (Å²) in [5, 5.41) is 0. The molecule has 4 heteroatoms. The predicted octanol–water partition coefficient (Wildman–Crippen LogP) is 3.64. The minimum Gasteiger partial charge on any atom is -0.399 e. The zero-order chi connectivity index (χ0) is 13.4. The van der Waals surface area contributed by atoms with Crippen LogP contribution in [-0.2, 0) is 0 Å². The largest absolute Gasteiger partial charge is 0.399 e. The van der Waals surface area contributed by atoms with Crippen LogP contribution in [0.15, 0.2) is 47.4 Å². The molecule has 3 aromatic rings. The molecule has 0 radical (unpaired) electrons. The molecule has 0 atom stereocenters. The fourth-order valence-corrected chi connectivity index (χ4v) is 2.68. The molecule has 0 spiro atoms. The van der Waals surface area contributed by atoms with Gasteiger partial charge in [0.15, 0.2) is 0 Å². The average Bonchev–Trinajstić information content (AvgIpc) is 2.74. The number of fused-ring (bicyclic) bond motifs is 1. The Morgan fingerprint density at radius 1 is 1.11 bits per heavy atom. The Morgan fingerprint density at radius 2 is 1.84 bits per heavy atom. The number of thioether (sulfide) groups is 1. The Balaban J connectivity index is 2.22. The van der Waals surface area contributed by atoms with Crippen LogP contribution in [-0.4, -0.2) is 15.8 Å². The van der Waals surface area contributed by atoms with E-state index in [1.807, 2.05) is 25.1 Å². The van der Waals surface area contributed by atoms with Crippen LogP contribution in [0.25, 0.3) is 16.7 Å². The highest BCUT2D eigenvalue weighted by Gasteiger charge is 2.09. The number of benzene rings is 2. The fraction of sp³-hybridized carbons (Fsp3) is 0.133. The van der Waals surface area contributed by atoms with Crippen molar-refractivity contribution >= 4 is 28.5 Å². The van der Waals surface area contributed by atoms with Gasteiger partial charge in [-0.2, -0.15) is 0 Å². The third-order valence-electron chi connectivity index (χ3n) is 3.18. The first-order valence-corrected chi connectivity index (χ1v) is 7.30. The summed E-state index contributed by atoms with van der Waals surface area (Å²) in [6, 6.07) is 14.3. The van der Waals surface area contributed by atoms with Gasteiger partial charge in [-0.05, 0) is 55.6 Å². The summed E-state index contributed by atoms with van der Waals surface area (Å²) in [5.74, 6) is 0.970. The van der Waals surface area contributed by atoms with Gasteiger partial charge in [0.25, 0.3) is 0 Å². The first-order valence-electron chi connectivity index (χ1n) is 6.08. The summed E-state index contributed by atoms with van der Waals surface area (Å²) in [5.41, 5.74) is 9.78. The van der Waals surface area contributed by atoms with Crippen molar-refractivity contribution in [3.8, 4) is 5.69 Å². The maximum atomic E-state index is 5.88. The van der Waals surface area contributed by atoms with E-state index in [1.165, 1.54) is 4.90 Å². The molecular weight excluding hydrogens is 254 g/mol. The van der Waals surface area contributed by atoms with Crippen molar-refractivity contribution in [3.05, 3.63) is 48.3 Å². The molecule has 0 fully saturated rings. The van der Waals surface area contributed by atoms with Gasteiger partial charge in [0.2, 0.25) is 0 Å². The quantitative estimate of drug-likeness (QED) is 0.570. The van der Waals surface area contributed by atoms with Crippen LogP contribution in [0.1, 0.15) is 5.82 Å². The number of nitrogen functional groups attached to an aromatic ring is 1. The molecule has 1 heterocycles. The molecule has 0 bridgehead atoms. The van der Waals surface area contributed by atoms with Crippen molar-refractivity contribution in [3.63, 3.8) is 0 Å². The van der Waals surface area contributed by atoms with Crippen molar-refractivity contribution in [2.24, 2.45) is 0 Å². The molecule has 0 aliphatic carbocycles. The van der Waals surface area contributed by atoms with E-state index in [1.54, 1.807) is 11.8 Å². The van der Waals surface area contributed by atoms with E-state index in [4.69, 9.17) is 5.73 Å². The third kappa shape index (κ3) is 2.08. The number of imidazole rings is 1. The molecule has 0 unspecified atom stereocenters. The van der Waals surface area contributed by atoms with Gasteiger partial charge in [-0.25, -0.2) is 4.98 Å². The standard InChI is InChI=1S/C15H15N3S/c1-10-17-14-8-3-11(16)9-15(14)18(10)12-4-6-13(19-2)7-5-12/h3-9H,16H2,1-2H3. The minimum atomic E-state index is 0.759.